The Bertz CT molecular complexity index is 884. The molecule has 0 radical (unpaired) electrons. The zero-order valence-electron chi connectivity index (χ0n) is 14.4. The van der Waals surface area contributed by atoms with Crippen molar-refractivity contribution in [1.82, 2.24) is 5.32 Å². The summed E-state index contributed by atoms with van der Waals surface area (Å²) in [4.78, 5) is 39.6. The summed E-state index contributed by atoms with van der Waals surface area (Å²) in [5, 5.41) is 43.9. The molecule has 0 fully saturated rings. The molecule has 1 aromatic carbocycles. The van der Waals surface area contributed by atoms with E-state index in [1.165, 1.54) is 0 Å². The normalized spacial score (nSPS) is 23.4. The van der Waals surface area contributed by atoms with Crippen molar-refractivity contribution in [2.45, 2.75) is 31.8 Å². The number of aliphatic hydroxyl groups is 3. The second-order valence-electron chi connectivity index (χ2n) is 6.44. The number of urea groups is 1. The average molecular weight is 378 g/mol. The Morgan fingerprint density at radius 2 is 1.89 bits per heavy atom. The van der Waals surface area contributed by atoms with Crippen LogP contribution < -0.4 is 15.5 Å². The number of anilines is 2. The lowest BCUT2D eigenvalue weighted by Gasteiger charge is -2.44. The summed E-state index contributed by atoms with van der Waals surface area (Å²) in [5.41, 5.74) is -0.0898. The molecule has 3 rings (SSSR count). The minimum absolute atomic E-state index is 0.307. The van der Waals surface area contributed by atoms with E-state index in [1.54, 1.807) is 19.1 Å². The first-order valence-electron chi connectivity index (χ1n) is 7.97. The monoisotopic (exact) mass is 378 g/mol. The summed E-state index contributed by atoms with van der Waals surface area (Å²) in [6, 6.07) is 2.29. The van der Waals surface area contributed by atoms with Crippen molar-refractivity contribution >= 4 is 35.1 Å². The first kappa shape index (κ1) is 18.8. The van der Waals surface area contributed by atoms with E-state index in [1.807, 2.05) is 12.2 Å². The lowest BCUT2D eigenvalue weighted by Crippen LogP contribution is -2.69. The molecule has 2 heterocycles. The quantitative estimate of drug-likeness (QED) is 0.371. The third-order valence-corrected chi connectivity index (χ3v) is 4.54. The third-order valence-electron chi connectivity index (χ3n) is 4.54. The molecular weight excluding hydrogens is 360 g/mol. The van der Waals surface area contributed by atoms with E-state index in [0.29, 0.717) is 11.4 Å². The summed E-state index contributed by atoms with van der Waals surface area (Å²) < 4.78 is 0. The first-order chi connectivity index (χ1) is 12.5. The Labute approximate surface area is 152 Å². The predicted octanol–water partition coefficient (Wildman–Crippen LogP) is -1.32. The van der Waals surface area contributed by atoms with Gasteiger partial charge >= 0.3 is 12.0 Å². The van der Waals surface area contributed by atoms with Crippen molar-refractivity contribution in [3.05, 3.63) is 23.3 Å². The number of benzene rings is 1. The van der Waals surface area contributed by atoms with Crippen LogP contribution in [-0.2, 0) is 9.59 Å². The summed E-state index contributed by atoms with van der Waals surface area (Å²) in [7, 11) is 0. The number of aliphatic carboxylic acids is 1. The summed E-state index contributed by atoms with van der Waals surface area (Å²) >= 11 is 0. The molecule has 3 atom stereocenters. The van der Waals surface area contributed by atoms with Crippen molar-refractivity contribution < 1.29 is 34.8 Å². The predicted molar refractivity (Wildman–Crippen MR) is 92.5 cm³/mol. The van der Waals surface area contributed by atoms with Gasteiger partial charge in [-0.15, -0.1) is 0 Å². The smallest absolute Gasteiger partial charge is 0.349 e. The highest BCUT2D eigenvalue weighted by molar-refractivity contribution is 6.28. The van der Waals surface area contributed by atoms with Gasteiger partial charge in [0.15, 0.2) is 11.9 Å². The van der Waals surface area contributed by atoms with Crippen molar-refractivity contribution in [2.24, 2.45) is 4.99 Å². The molecular formula is C16H18N4O7. The second kappa shape index (κ2) is 6.30. The number of amides is 3. The topological polar surface area (TPSA) is 172 Å². The Morgan fingerprint density at radius 1 is 1.26 bits per heavy atom. The van der Waals surface area contributed by atoms with Crippen molar-refractivity contribution in [2.75, 3.05) is 16.8 Å². The number of carboxylic acids is 1. The minimum atomic E-state index is -2.41. The van der Waals surface area contributed by atoms with Crippen LogP contribution in [0.3, 0.4) is 0 Å². The molecule has 0 spiro atoms. The molecule has 11 nitrogen and oxygen atoms in total. The van der Waals surface area contributed by atoms with Crippen LogP contribution in [0, 0.1) is 13.8 Å². The molecule has 3 amide bonds. The number of β-amino-alcohol motifs (C(OH)–C–C–N with tert-alkyl or cyclic N) is 1. The number of amidine groups is 1. The molecule has 11 heteroatoms. The number of carbonyl (C=O) groups excluding carboxylic acids is 2. The SMILES string of the molecule is Cc1cc2c(cc1C)N(CC(O)C(O)C(=O)O)C1=NC(=O)NC(=O)C1(O)N2. The van der Waals surface area contributed by atoms with Crippen LogP contribution in [0.2, 0.25) is 0 Å². The van der Waals surface area contributed by atoms with Crippen molar-refractivity contribution in [3.8, 4) is 0 Å². The number of fused-ring (bicyclic) bond motifs is 2. The van der Waals surface area contributed by atoms with E-state index in [9.17, 15) is 29.7 Å². The fraction of sp³-hybridized carbons (Fsp3) is 0.375. The molecule has 1 aromatic rings. The Hall–Kier alpha value is -3.02. The number of imide groups is 1. The number of nitrogens with zero attached hydrogens (tertiary/aromatic N) is 2. The van der Waals surface area contributed by atoms with Gasteiger partial charge in [-0.25, -0.2) is 9.59 Å². The highest BCUT2D eigenvalue weighted by atomic mass is 16.4. The molecule has 3 unspecified atom stereocenters. The van der Waals surface area contributed by atoms with Gasteiger partial charge in [0.1, 0.15) is 6.10 Å². The van der Waals surface area contributed by atoms with Gasteiger partial charge in [-0.1, -0.05) is 0 Å². The second-order valence-corrected chi connectivity index (χ2v) is 6.44. The minimum Gasteiger partial charge on any atom is -0.479 e. The zero-order chi connectivity index (χ0) is 20.1. The molecule has 144 valence electrons. The van der Waals surface area contributed by atoms with E-state index < -0.39 is 48.2 Å². The molecule has 2 aliphatic rings. The van der Waals surface area contributed by atoms with Crippen LogP contribution in [0.4, 0.5) is 16.2 Å². The molecule has 27 heavy (non-hydrogen) atoms. The first-order valence-corrected chi connectivity index (χ1v) is 7.97. The van der Waals surface area contributed by atoms with Gasteiger partial charge in [0.2, 0.25) is 0 Å². The average Bonchev–Trinajstić information content (AvgIpc) is 2.58. The van der Waals surface area contributed by atoms with Gasteiger partial charge < -0.3 is 30.6 Å². The number of aliphatic hydroxyl groups excluding tert-OH is 2. The number of carboxylic acid groups (broad SMARTS) is 1. The fourth-order valence-electron chi connectivity index (χ4n) is 2.93. The van der Waals surface area contributed by atoms with E-state index in [0.717, 1.165) is 16.0 Å². The number of aryl methyl sites for hydroxylation is 2. The Kier molecular flexibility index (Phi) is 4.38. The molecule has 0 aromatic heterocycles. The van der Waals surface area contributed by atoms with E-state index >= 15 is 0 Å². The number of carbonyl (C=O) groups is 3. The van der Waals surface area contributed by atoms with Crippen molar-refractivity contribution in [1.29, 1.82) is 0 Å². The van der Waals surface area contributed by atoms with Gasteiger partial charge in [-0.2, -0.15) is 4.99 Å². The largest absolute Gasteiger partial charge is 0.479 e. The molecule has 0 bridgehead atoms. The lowest BCUT2D eigenvalue weighted by molar-refractivity contribution is -0.152. The highest BCUT2D eigenvalue weighted by Gasteiger charge is 2.52. The highest BCUT2D eigenvalue weighted by Crippen LogP contribution is 2.38. The number of aliphatic imine (C=N–C) groups is 1. The van der Waals surface area contributed by atoms with E-state index in [-0.39, 0.29) is 0 Å². The molecule has 6 N–H and O–H groups in total. The van der Waals surface area contributed by atoms with Crippen LogP contribution >= 0.6 is 0 Å². The Morgan fingerprint density at radius 3 is 2.52 bits per heavy atom. The molecule has 0 saturated heterocycles. The lowest BCUT2D eigenvalue weighted by atomic mass is 9.98. The fourth-order valence-corrected chi connectivity index (χ4v) is 2.93. The van der Waals surface area contributed by atoms with E-state index in [4.69, 9.17) is 5.11 Å². The van der Waals surface area contributed by atoms with Gasteiger partial charge in [0, 0.05) is 0 Å². The number of hydrogen-bond donors (Lipinski definition) is 6. The molecule has 2 aliphatic heterocycles. The van der Waals surface area contributed by atoms with Crippen molar-refractivity contribution in [3.63, 3.8) is 0 Å². The van der Waals surface area contributed by atoms with Crippen LogP contribution in [0.15, 0.2) is 17.1 Å². The number of hydrogen-bond acceptors (Lipinski definition) is 8. The maximum Gasteiger partial charge on any atom is 0.349 e. The molecule has 0 aliphatic carbocycles. The third kappa shape index (κ3) is 3.01. The summed E-state index contributed by atoms with van der Waals surface area (Å²) in [6.45, 7) is 3.08. The standard InChI is InChI=1S/C16H18N4O7/c1-6-3-8-9(4-7(6)2)20(5-10(21)11(22)12(23)24)13-16(27,19-8)14(25)18-15(26)17-13/h3-4,10-11,19,21-22,27H,5H2,1-2H3,(H,23,24)(H,18,25,26). The summed E-state index contributed by atoms with van der Waals surface area (Å²) in [6.07, 6.45) is -3.90. The number of rotatable bonds is 4. The van der Waals surface area contributed by atoms with Crippen LogP contribution in [0.1, 0.15) is 11.1 Å². The Balaban J connectivity index is 2.15. The van der Waals surface area contributed by atoms with E-state index in [2.05, 4.69) is 10.3 Å². The zero-order valence-corrected chi connectivity index (χ0v) is 14.4. The molecule has 0 saturated carbocycles. The van der Waals surface area contributed by atoms with Gasteiger partial charge in [-0.3, -0.25) is 10.1 Å². The van der Waals surface area contributed by atoms with Gasteiger partial charge in [-0.05, 0) is 37.1 Å². The van der Waals surface area contributed by atoms with Crippen LogP contribution in [0.25, 0.3) is 0 Å². The van der Waals surface area contributed by atoms with Gasteiger partial charge in [0.05, 0.1) is 17.9 Å². The van der Waals surface area contributed by atoms with Crippen LogP contribution in [0.5, 0.6) is 0 Å². The van der Waals surface area contributed by atoms with Crippen LogP contribution in [-0.4, -0.2) is 68.6 Å². The number of nitrogens with one attached hydrogen (secondary N) is 2. The maximum atomic E-state index is 12.2. The summed E-state index contributed by atoms with van der Waals surface area (Å²) in [5.74, 6) is -3.14. The maximum absolute atomic E-state index is 12.2. The van der Waals surface area contributed by atoms with Gasteiger partial charge in [0.25, 0.3) is 11.6 Å².